The maximum atomic E-state index is 13.6. The van der Waals surface area contributed by atoms with Crippen molar-refractivity contribution in [2.45, 2.75) is 45.1 Å². The van der Waals surface area contributed by atoms with E-state index < -0.39 is 29.0 Å². The molecule has 164 valence electrons. The zero-order chi connectivity index (χ0) is 23.6. The number of nitrogens with zero attached hydrogens (tertiary/aromatic N) is 2. The predicted octanol–water partition coefficient (Wildman–Crippen LogP) is 3.15. The van der Waals surface area contributed by atoms with Gasteiger partial charge in [-0.15, -0.1) is 6.42 Å². The van der Waals surface area contributed by atoms with Crippen molar-refractivity contribution in [1.29, 1.82) is 5.26 Å². The zero-order valence-corrected chi connectivity index (χ0v) is 18.1. The number of amides is 2. The van der Waals surface area contributed by atoms with Crippen LogP contribution in [0.3, 0.4) is 0 Å². The summed E-state index contributed by atoms with van der Waals surface area (Å²) in [6.07, 6.45) is 8.60. The molecule has 1 heterocycles. The summed E-state index contributed by atoms with van der Waals surface area (Å²) in [7, 11) is 1.61. The zero-order valence-electron chi connectivity index (χ0n) is 18.1. The van der Waals surface area contributed by atoms with Gasteiger partial charge in [0.05, 0.1) is 11.1 Å². The molecule has 2 N–H and O–H groups in total. The van der Waals surface area contributed by atoms with Gasteiger partial charge in [-0.3, -0.25) is 14.4 Å². The molecule has 2 amide bonds. The number of anilines is 1. The molecule has 0 radical (unpaired) electrons. The van der Waals surface area contributed by atoms with Gasteiger partial charge in [0.1, 0.15) is 23.1 Å². The molecule has 0 saturated heterocycles. The summed E-state index contributed by atoms with van der Waals surface area (Å²) in [5, 5.41) is 14.3. The van der Waals surface area contributed by atoms with Crippen molar-refractivity contribution in [1.82, 2.24) is 9.88 Å². The van der Waals surface area contributed by atoms with E-state index in [1.54, 1.807) is 27.0 Å². The monoisotopic (exact) mass is 434 g/mol. The van der Waals surface area contributed by atoms with Crippen molar-refractivity contribution >= 4 is 23.3 Å². The first-order chi connectivity index (χ1) is 15.1. The van der Waals surface area contributed by atoms with Crippen molar-refractivity contribution in [3.05, 3.63) is 52.1 Å². The molecule has 1 aromatic carbocycles. The van der Waals surface area contributed by atoms with Crippen molar-refractivity contribution < 1.29 is 18.8 Å². The van der Waals surface area contributed by atoms with Crippen LogP contribution in [0.4, 0.5) is 10.1 Å². The fourth-order valence-electron chi connectivity index (χ4n) is 4.18. The van der Waals surface area contributed by atoms with Crippen LogP contribution in [0, 0.1) is 43.3 Å². The molecule has 0 unspecified atom stereocenters. The summed E-state index contributed by atoms with van der Waals surface area (Å²) in [6.45, 7) is 3.23. The number of carbonyl (C=O) groups excluding carboxylic acids is 3. The Bertz CT molecular complexity index is 1210. The van der Waals surface area contributed by atoms with Crippen LogP contribution >= 0.6 is 0 Å². The summed E-state index contributed by atoms with van der Waals surface area (Å²) >= 11 is 0. The van der Waals surface area contributed by atoms with Gasteiger partial charge in [0, 0.05) is 18.4 Å². The minimum Gasteiger partial charge on any atom is -0.343 e. The minimum absolute atomic E-state index is 0.136. The van der Waals surface area contributed by atoms with Gasteiger partial charge in [0.2, 0.25) is 0 Å². The van der Waals surface area contributed by atoms with Crippen LogP contribution in [0.15, 0.2) is 18.2 Å². The van der Waals surface area contributed by atoms with Crippen LogP contribution in [-0.2, 0) is 11.8 Å². The van der Waals surface area contributed by atoms with Crippen LogP contribution in [0.2, 0.25) is 0 Å². The highest BCUT2D eigenvalue weighted by Crippen LogP contribution is 2.29. The van der Waals surface area contributed by atoms with E-state index in [1.807, 2.05) is 0 Å². The number of rotatable bonds is 5. The molecular weight excluding hydrogens is 411 g/mol. The lowest BCUT2D eigenvalue weighted by Crippen LogP contribution is -2.48. The van der Waals surface area contributed by atoms with Crippen molar-refractivity contribution in [3.63, 3.8) is 0 Å². The fourth-order valence-corrected chi connectivity index (χ4v) is 4.18. The topological polar surface area (TPSA) is 104 Å². The Morgan fingerprint density at radius 1 is 1.22 bits per heavy atom. The average molecular weight is 434 g/mol. The molecule has 1 aliphatic carbocycles. The number of nitriles is 1. The van der Waals surface area contributed by atoms with Gasteiger partial charge in [0.25, 0.3) is 17.6 Å². The lowest BCUT2D eigenvalue weighted by atomic mass is 9.97. The Labute approximate surface area is 185 Å². The minimum atomic E-state index is -0.815. The molecule has 8 heteroatoms. The first kappa shape index (κ1) is 22.8. The lowest BCUT2D eigenvalue weighted by Gasteiger charge is -2.23. The largest absolute Gasteiger partial charge is 0.343 e. The highest BCUT2D eigenvalue weighted by Gasteiger charge is 2.36. The number of Topliss-reactive ketones (excluding diaryl/α,β-unsaturated/α-hetero) is 1. The van der Waals surface area contributed by atoms with E-state index in [9.17, 15) is 18.8 Å². The Kier molecular flexibility index (Phi) is 6.18. The second-order valence-electron chi connectivity index (χ2n) is 7.97. The number of aromatic nitrogens is 1. The van der Waals surface area contributed by atoms with E-state index in [4.69, 9.17) is 11.7 Å². The van der Waals surface area contributed by atoms with E-state index in [0.717, 1.165) is 18.9 Å². The first-order valence-electron chi connectivity index (χ1n) is 10.2. The van der Waals surface area contributed by atoms with Crippen molar-refractivity contribution in [3.8, 4) is 18.4 Å². The van der Waals surface area contributed by atoms with Crippen LogP contribution < -0.4 is 10.6 Å². The summed E-state index contributed by atoms with van der Waals surface area (Å²) in [4.78, 5) is 38.6. The summed E-state index contributed by atoms with van der Waals surface area (Å²) in [6, 6.07) is 5.35. The predicted molar refractivity (Wildman–Crippen MR) is 116 cm³/mol. The Balaban J connectivity index is 1.89. The summed E-state index contributed by atoms with van der Waals surface area (Å²) in [5.41, 5.74) is 0.312. The third-order valence-corrected chi connectivity index (χ3v) is 6.01. The normalized spacial score (nSPS) is 14.3. The molecule has 0 aliphatic heterocycles. The molecule has 1 fully saturated rings. The van der Waals surface area contributed by atoms with Crippen molar-refractivity contribution in [2.75, 3.05) is 5.32 Å². The third kappa shape index (κ3) is 4.00. The van der Waals surface area contributed by atoms with E-state index in [0.29, 0.717) is 24.1 Å². The number of terminal acetylenes is 1. The molecule has 32 heavy (non-hydrogen) atoms. The number of nitrogens with one attached hydrogen (secondary N) is 2. The van der Waals surface area contributed by atoms with Crippen LogP contribution in [0.1, 0.15) is 63.4 Å². The molecule has 1 aromatic heterocycles. The third-order valence-electron chi connectivity index (χ3n) is 6.01. The van der Waals surface area contributed by atoms with Gasteiger partial charge in [-0.1, -0.05) is 5.92 Å². The van der Waals surface area contributed by atoms with Gasteiger partial charge >= 0.3 is 0 Å². The second kappa shape index (κ2) is 8.68. The molecule has 7 nitrogen and oxygen atoms in total. The fraction of sp³-hybridized carbons (Fsp3) is 0.333. The number of hydrogen-bond acceptors (Lipinski definition) is 4. The van der Waals surface area contributed by atoms with E-state index >= 15 is 0 Å². The number of benzene rings is 1. The molecule has 2 aromatic rings. The van der Waals surface area contributed by atoms with Crippen LogP contribution in [-0.4, -0.2) is 27.7 Å². The lowest BCUT2D eigenvalue weighted by molar-refractivity contribution is -0.118. The molecule has 1 saturated carbocycles. The van der Waals surface area contributed by atoms with E-state index in [2.05, 4.69) is 16.6 Å². The Morgan fingerprint density at radius 2 is 1.88 bits per heavy atom. The van der Waals surface area contributed by atoms with Gasteiger partial charge in [-0.25, -0.2) is 4.39 Å². The van der Waals surface area contributed by atoms with E-state index in [-0.39, 0.29) is 22.5 Å². The standard InChI is InChI=1S/C24H23FN4O3/c1-5-24(10-6-7-11-24)28-23(32)21(30)19-14(2)20(29(4)15(19)3)22(31)27-17-8-9-18(25)16(12-17)13-26/h1,8-9,12H,6-7,10-11H2,2-4H3,(H,27,31)(H,28,32). The second-order valence-corrected chi connectivity index (χ2v) is 7.97. The number of halogens is 1. The van der Waals surface area contributed by atoms with Gasteiger partial charge in [0.15, 0.2) is 0 Å². The van der Waals surface area contributed by atoms with Gasteiger partial charge < -0.3 is 15.2 Å². The Morgan fingerprint density at radius 3 is 2.47 bits per heavy atom. The highest BCUT2D eigenvalue weighted by molar-refractivity contribution is 6.44. The molecule has 3 rings (SSSR count). The summed E-state index contributed by atoms with van der Waals surface area (Å²) in [5.74, 6) is -0.192. The smallest absolute Gasteiger partial charge is 0.293 e. The summed E-state index contributed by atoms with van der Waals surface area (Å²) < 4.78 is 15.1. The maximum Gasteiger partial charge on any atom is 0.293 e. The molecule has 0 bridgehead atoms. The van der Waals surface area contributed by atoms with Gasteiger partial charge in [-0.05, 0) is 63.3 Å². The van der Waals surface area contributed by atoms with Crippen LogP contribution in [0.25, 0.3) is 0 Å². The number of hydrogen-bond donors (Lipinski definition) is 2. The van der Waals surface area contributed by atoms with E-state index in [1.165, 1.54) is 16.7 Å². The highest BCUT2D eigenvalue weighted by atomic mass is 19.1. The Hall–Kier alpha value is -3.91. The average Bonchev–Trinajstić information content (AvgIpc) is 3.31. The van der Waals surface area contributed by atoms with Crippen LogP contribution in [0.5, 0.6) is 0 Å². The SMILES string of the molecule is C#CC1(NC(=O)C(=O)c2c(C)c(C(=O)Nc3ccc(F)c(C#N)c3)n(C)c2C)CCCC1. The molecular formula is C24H23FN4O3. The number of ketones is 1. The molecule has 0 atom stereocenters. The molecule has 1 aliphatic rings. The van der Waals surface area contributed by atoms with Crippen molar-refractivity contribution in [2.24, 2.45) is 7.05 Å². The quantitative estimate of drug-likeness (QED) is 0.429. The first-order valence-corrected chi connectivity index (χ1v) is 10.2. The number of carbonyl (C=O) groups is 3. The van der Waals surface area contributed by atoms with Gasteiger partial charge in [-0.2, -0.15) is 5.26 Å². The maximum absolute atomic E-state index is 13.6. The molecule has 0 spiro atoms.